The zero-order valence-corrected chi connectivity index (χ0v) is 19.5. The van der Waals surface area contributed by atoms with E-state index in [0.717, 1.165) is 11.1 Å². The van der Waals surface area contributed by atoms with Crippen LogP contribution in [0.25, 0.3) is 11.1 Å². The molecule has 1 aliphatic rings. The number of rotatable bonds is 5. The maximum Gasteiger partial charge on any atom is 0.326 e. The molecule has 1 aliphatic heterocycles. The average Bonchev–Trinajstić information content (AvgIpc) is 3.10. The van der Waals surface area contributed by atoms with Crippen molar-refractivity contribution in [2.45, 2.75) is 32.4 Å². The molecule has 33 heavy (non-hydrogen) atoms. The van der Waals surface area contributed by atoms with Crippen molar-refractivity contribution in [1.82, 2.24) is 4.90 Å². The van der Waals surface area contributed by atoms with E-state index in [-0.39, 0.29) is 0 Å². The van der Waals surface area contributed by atoms with E-state index in [2.05, 4.69) is 0 Å². The number of carboxylic acid groups (broad SMARTS) is 1. The third-order valence-electron chi connectivity index (χ3n) is 6.34. The molecule has 5 nitrogen and oxygen atoms in total. The Morgan fingerprint density at radius 3 is 2.30 bits per heavy atom. The summed E-state index contributed by atoms with van der Waals surface area (Å²) in [5.74, 6) is -1.04. The molecule has 1 saturated heterocycles. The first-order valence-electron chi connectivity index (χ1n) is 10.8. The summed E-state index contributed by atoms with van der Waals surface area (Å²) in [7, 11) is 1.51. The molecule has 0 aromatic heterocycles. The zero-order chi connectivity index (χ0) is 23.8. The molecule has 170 valence electrons. The lowest BCUT2D eigenvalue weighted by molar-refractivity contribution is -0.141. The summed E-state index contributed by atoms with van der Waals surface area (Å²) < 4.78 is 5.58. The molecule has 1 unspecified atom stereocenters. The van der Waals surface area contributed by atoms with Gasteiger partial charge in [-0.2, -0.15) is 0 Å². The van der Waals surface area contributed by atoms with Crippen LogP contribution in [0.2, 0.25) is 5.02 Å². The van der Waals surface area contributed by atoms with Gasteiger partial charge in [0.15, 0.2) is 0 Å². The van der Waals surface area contributed by atoms with Crippen molar-refractivity contribution in [3.8, 4) is 16.9 Å². The van der Waals surface area contributed by atoms with Crippen LogP contribution < -0.4 is 4.74 Å². The van der Waals surface area contributed by atoms with Gasteiger partial charge in [-0.25, -0.2) is 4.79 Å². The highest BCUT2D eigenvalue weighted by Gasteiger charge is 2.53. The number of hydrogen-bond acceptors (Lipinski definition) is 3. The summed E-state index contributed by atoms with van der Waals surface area (Å²) in [6.07, 6.45) is 0.305. The van der Waals surface area contributed by atoms with Gasteiger partial charge in [0, 0.05) is 5.02 Å². The second-order valence-electron chi connectivity index (χ2n) is 8.93. The van der Waals surface area contributed by atoms with E-state index in [0.29, 0.717) is 28.3 Å². The quantitative estimate of drug-likeness (QED) is 0.497. The second kappa shape index (κ2) is 8.91. The largest absolute Gasteiger partial charge is 0.496 e. The van der Waals surface area contributed by atoms with Crippen LogP contribution in [-0.2, 0) is 4.79 Å². The van der Waals surface area contributed by atoms with Crippen molar-refractivity contribution < 1.29 is 19.4 Å². The fourth-order valence-electron chi connectivity index (χ4n) is 4.91. The normalized spacial score (nSPS) is 19.3. The van der Waals surface area contributed by atoms with Crippen molar-refractivity contribution in [3.05, 3.63) is 88.9 Å². The standard InChI is InChI=1S/C27H26ClNO4/c1-27(2)16-21(26(31)32)29(24(27)19-12-7-8-14-20(19)28)25(30)23-18(13-9-15-22(23)33-3)17-10-5-4-6-11-17/h4-15,21,24H,16H2,1-3H3,(H,31,32)/t21?,24-/m1/s1. The van der Waals surface area contributed by atoms with E-state index in [1.807, 2.05) is 74.5 Å². The summed E-state index contributed by atoms with van der Waals surface area (Å²) in [5.41, 5.74) is 2.09. The van der Waals surface area contributed by atoms with E-state index in [1.54, 1.807) is 12.1 Å². The van der Waals surface area contributed by atoms with Gasteiger partial charge in [-0.3, -0.25) is 4.79 Å². The lowest BCUT2D eigenvalue weighted by Gasteiger charge is -2.35. The number of ether oxygens (including phenoxy) is 1. The summed E-state index contributed by atoms with van der Waals surface area (Å²) in [5, 5.41) is 10.6. The van der Waals surface area contributed by atoms with Gasteiger partial charge >= 0.3 is 5.97 Å². The Morgan fingerprint density at radius 2 is 1.67 bits per heavy atom. The molecule has 6 heteroatoms. The number of halogens is 1. The first kappa shape index (κ1) is 22.9. The molecule has 2 atom stereocenters. The fourth-order valence-corrected chi connectivity index (χ4v) is 5.15. The summed E-state index contributed by atoms with van der Waals surface area (Å²) in [4.78, 5) is 28.1. The van der Waals surface area contributed by atoms with E-state index in [1.165, 1.54) is 12.0 Å². The highest BCUT2D eigenvalue weighted by atomic mass is 35.5. The van der Waals surface area contributed by atoms with Gasteiger partial charge in [0.1, 0.15) is 11.8 Å². The van der Waals surface area contributed by atoms with E-state index in [4.69, 9.17) is 16.3 Å². The molecular formula is C27H26ClNO4. The number of likely N-dealkylation sites (tertiary alicyclic amines) is 1. The first-order chi connectivity index (χ1) is 15.8. The van der Waals surface area contributed by atoms with Crippen molar-refractivity contribution in [3.63, 3.8) is 0 Å². The number of carbonyl (C=O) groups excluding carboxylic acids is 1. The van der Waals surface area contributed by atoms with E-state index in [9.17, 15) is 14.7 Å². The highest BCUT2D eigenvalue weighted by molar-refractivity contribution is 6.31. The van der Waals surface area contributed by atoms with Crippen molar-refractivity contribution >= 4 is 23.5 Å². The molecule has 1 heterocycles. The number of carboxylic acids is 1. The van der Waals surface area contributed by atoms with Crippen LogP contribution in [0.15, 0.2) is 72.8 Å². The minimum absolute atomic E-state index is 0.305. The zero-order valence-electron chi connectivity index (χ0n) is 18.8. The predicted octanol–water partition coefficient (Wildman–Crippen LogP) is 6.08. The van der Waals surface area contributed by atoms with Crippen LogP contribution in [-0.4, -0.2) is 35.0 Å². The lowest BCUT2D eigenvalue weighted by Crippen LogP contribution is -2.42. The van der Waals surface area contributed by atoms with Gasteiger partial charge in [-0.05, 0) is 40.7 Å². The maximum atomic E-state index is 14.3. The number of benzene rings is 3. The number of methoxy groups -OCH3 is 1. The molecule has 1 N–H and O–H groups in total. The molecule has 1 amide bonds. The molecule has 3 aromatic carbocycles. The Balaban J connectivity index is 1.93. The second-order valence-corrected chi connectivity index (χ2v) is 9.34. The Labute approximate surface area is 198 Å². The SMILES string of the molecule is COc1cccc(-c2ccccc2)c1C(=O)N1C(C(=O)O)CC(C)(C)[C@H]1c1ccccc1Cl. The molecule has 0 aliphatic carbocycles. The monoisotopic (exact) mass is 463 g/mol. The molecule has 3 aromatic rings. The number of carbonyl (C=O) groups is 2. The number of amides is 1. The fraction of sp³-hybridized carbons (Fsp3) is 0.259. The lowest BCUT2D eigenvalue weighted by atomic mass is 9.80. The van der Waals surface area contributed by atoms with Crippen molar-refractivity contribution in [2.75, 3.05) is 7.11 Å². The Bertz CT molecular complexity index is 1190. The summed E-state index contributed by atoms with van der Waals surface area (Å²) in [6, 6.07) is 20.7. The van der Waals surface area contributed by atoms with Crippen LogP contribution in [0.1, 0.15) is 42.2 Å². The molecule has 0 spiro atoms. The van der Waals surface area contributed by atoms with Crippen molar-refractivity contribution in [1.29, 1.82) is 0 Å². The predicted molar refractivity (Wildman–Crippen MR) is 129 cm³/mol. The van der Waals surface area contributed by atoms with E-state index >= 15 is 0 Å². The number of nitrogens with zero attached hydrogens (tertiary/aromatic N) is 1. The first-order valence-corrected chi connectivity index (χ1v) is 11.2. The molecule has 0 saturated carbocycles. The van der Waals surface area contributed by atoms with Gasteiger partial charge in [0.2, 0.25) is 0 Å². The summed E-state index contributed by atoms with van der Waals surface area (Å²) in [6.45, 7) is 3.95. The smallest absolute Gasteiger partial charge is 0.326 e. The molecule has 0 radical (unpaired) electrons. The minimum atomic E-state index is -1.04. The molecule has 0 bridgehead atoms. The molecule has 4 rings (SSSR count). The Kier molecular flexibility index (Phi) is 6.17. The van der Waals surface area contributed by atoms with Gasteiger partial charge in [-0.15, -0.1) is 0 Å². The van der Waals surface area contributed by atoms with Crippen LogP contribution >= 0.6 is 11.6 Å². The van der Waals surface area contributed by atoms with Crippen molar-refractivity contribution in [2.24, 2.45) is 5.41 Å². The van der Waals surface area contributed by atoms with Gasteiger partial charge in [-0.1, -0.05) is 86.1 Å². The number of hydrogen-bond donors (Lipinski definition) is 1. The number of aliphatic carboxylic acids is 1. The molecular weight excluding hydrogens is 438 g/mol. The van der Waals surface area contributed by atoms with Gasteiger partial charge < -0.3 is 14.7 Å². The maximum absolute atomic E-state index is 14.3. The highest BCUT2D eigenvalue weighted by Crippen LogP contribution is 2.52. The Morgan fingerprint density at radius 1 is 1.00 bits per heavy atom. The van der Waals surface area contributed by atoms with Gasteiger partial charge in [0.25, 0.3) is 5.91 Å². The van der Waals surface area contributed by atoms with E-state index < -0.39 is 29.4 Å². The third-order valence-corrected chi connectivity index (χ3v) is 6.68. The van der Waals surface area contributed by atoms with Crippen LogP contribution in [0, 0.1) is 5.41 Å². The minimum Gasteiger partial charge on any atom is -0.496 e. The third kappa shape index (κ3) is 4.09. The van der Waals surface area contributed by atoms with Crippen LogP contribution in [0.3, 0.4) is 0 Å². The van der Waals surface area contributed by atoms with Crippen LogP contribution in [0.5, 0.6) is 5.75 Å². The van der Waals surface area contributed by atoms with Gasteiger partial charge in [0.05, 0.1) is 18.7 Å². The summed E-state index contributed by atoms with van der Waals surface area (Å²) >= 11 is 6.55. The Hall–Kier alpha value is -3.31. The molecule has 1 fully saturated rings. The topological polar surface area (TPSA) is 66.8 Å². The van der Waals surface area contributed by atoms with Crippen LogP contribution in [0.4, 0.5) is 0 Å². The average molecular weight is 464 g/mol.